The molecule has 2 N–H and O–H groups in total. The first-order valence-corrected chi connectivity index (χ1v) is 7.11. The van der Waals surface area contributed by atoms with Gasteiger partial charge in [-0.2, -0.15) is 8.78 Å². The molecule has 7 heteroatoms. The van der Waals surface area contributed by atoms with Gasteiger partial charge in [-0.1, -0.05) is 23.7 Å². The molecule has 2 aromatic rings. The van der Waals surface area contributed by atoms with Crippen LogP contribution in [0, 0.1) is 6.92 Å². The van der Waals surface area contributed by atoms with Crippen molar-refractivity contribution in [2.75, 3.05) is 10.6 Å². The second kappa shape index (κ2) is 7.38. The van der Waals surface area contributed by atoms with E-state index in [2.05, 4.69) is 15.4 Å². The first-order valence-electron chi connectivity index (χ1n) is 6.33. The Hall–Kier alpha value is -1.92. The molecule has 0 aromatic heterocycles. The Morgan fingerprint density at radius 3 is 2.64 bits per heavy atom. The molecule has 0 bridgehead atoms. The third-order valence-corrected chi connectivity index (χ3v) is 3.12. The quantitative estimate of drug-likeness (QED) is 0.761. The number of nitrogens with one attached hydrogen (secondary N) is 2. The molecule has 0 aliphatic rings. The molecule has 0 heterocycles. The van der Waals surface area contributed by atoms with Crippen molar-refractivity contribution < 1.29 is 13.5 Å². The van der Waals surface area contributed by atoms with Crippen molar-refractivity contribution in [2.45, 2.75) is 13.5 Å². The van der Waals surface area contributed by atoms with Crippen LogP contribution < -0.4 is 15.4 Å². The van der Waals surface area contributed by atoms with E-state index in [4.69, 9.17) is 23.8 Å². The van der Waals surface area contributed by atoms with E-state index in [-0.39, 0.29) is 10.9 Å². The van der Waals surface area contributed by atoms with E-state index in [9.17, 15) is 8.78 Å². The summed E-state index contributed by atoms with van der Waals surface area (Å²) in [6, 6.07) is 11.9. The number of thiocarbonyl (C=S) groups is 1. The van der Waals surface area contributed by atoms with E-state index >= 15 is 0 Å². The lowest BCUT2D eigenvalue weighted by atomic mass is 10.2. The minimum atomic E-state index is -2.91. The van der Waals surface area contributed by atoms with Crippen LogP contribution in [-0.2, 0) is 0 Å². The molecule has 0 aliphatic carbocycles. The highest BCUT2D eigenvalue weighted by Gasteiger charge is 2.11. The van der Waals surface area contributed by atoms with Crippen LogP contribution >= 0.6 is 23.8 Å². The zero-order valence-electron chi connectivity index (χ0n) is 11.6. The summed E-state index contributed by atoms with van der Waals surface area (Å²) >= 11 is 11.0. The minimum Gasteiger partial charge on any atom is -0.433 e. The van der Waals surface area contributed by atoms with Crippen LogP contribution in [0.5, 0.6) is 5.75 Å². The van der Waals surface area contributed by atoms with Crippen molar-refractivity contribution in [1.82, 2.24) is 0 Å². The van der Waals surface area contributed by atoms with Gasteiger partial charge in [-0.15, -0.1) is 0 Å². The first kappa shape index (κ1) is 16.5. The lowest BCUT2D eigenvalue weighted by Crippen LogP contribution is -2.20. The first-order chi connectivity index (χ1) is 10.4. The zero-order chi connectivity index (χ0) is 16.1. The normalized spacial score (nSPS) is 10.4. The number of alkyl halides is 2. The highest BCUT2D eigenvalue weighted by atomic mass is 35.5. The molecule has 0 unspecified atom stereocenters. The highest BCUT2D eigenvalue weighted by Crippen LogP contribution is 2.27. The van der Waals surface area contributed by atoms with E-state index in [0.717, 1.165) is 5.56 Å². The highest BCUT2D eigenvalue weighted by molar-refractivity contribution is 7.80. The van der Waals surface area contributed by atoms with Gasteiger partial charge in [0.05, 0.1) is 5.69 Å². The van der Waals surface area contributed by atoms with Crippen LogP contribution in [0.25, 0.3) is 0 Å². The summed E-state index contributed by atoms with van der Waals surface area (Å²) in [5.41, 5.74) is 1.84. The standard InChI is InChI=1S/C15H13ClF2N2OS/c1-9-5-6-12(13(7-9)21-14(17)18)20-15(22)19-11-4-2-3-10(16)8-11/h2-8,14H,1H3,(H2,19,20,22). The molecule has 0 saturated carbocycles. The molecule has 0 atom stereocenters. The molecule has 0 aliphatic heterocycles. The Kier molecular flexibility index (Phi) is 5.51. The zero-order valence-corrected chi connectivity index (χ0v) is 13.1. The second-order valence-corrected chi connectivity index (χ2v) is 5.31. The van der Waals surface area contributed by atoms with Crippen LogP contribution in [-0.4, -0.2) is 11.7 Å². The van der Waals surface area contributed by atoms with Gasteiger partial charge in [0.15, 0.2) is 5.11 Å². The maximum atomic E-state index is 12.4. The summed E-state index contributed by atoms with van der Waals surface area (Å²) in [6.07, 6.45) is 0. The molecule has 0 saturated heterocycles. The topological polar surface area (TPSA) is 33.3 Å². The van der Waals surface area contributed by atoms with Gasteiger partial charge in [-0.25, -0.2) is 0 Å². The molecule has 22 heavy (non-hydrogen) atoms. The molecular formula is C15H13ClF2N2OS. The molecule has 3 nitrogen and oxygen atoms in total. The largest absolute Gasteiger partial charge is 0.433 e. The van der Waals surface area contributed by atoms with Gasteiger partial charge in [0.25, 0.3) is 0 Å². The predicted octanol–water partition coefficient (Wildman–Crippen LogP) is 5.06. The predicted molar refractivity (Wildman–Crippen MR) is 89.1 cm³/mol. The number of aryl methyl sites for hydroxylation is 1. The lowest BCUT2D eigenvalue weighted by Gasteiger charge is -2.15. The van der Waals surface area contributed by atoms with Gasteiger partial charge < -0.3 is 15.4 Å². The monoisotopic (exact) mass is 342 g/mol. The summed E-state index contributed by atoms with van der Waals surface area (Å²) in [4.78, 5) is 0. The van der Waals surface area contributed by atoms with Crippen molar-refractivity contribution in [3.8, 4) is 5.75 Å². The minimum absolute atomic E-state index is 0.0326. The fourth-order valence-electron chi connectivity index (χ4n) is 1.78. The van der Waals surface area contributed by atoms with Crippen molar-refractivity contribution in [1.29, 1.82) is 0 Å². The van der Waals surface area contributed by atoms with E-state index < -0.39 is 6.61 Å². The SMILES string of the molecule is Cc1ccc(NC(=S)Nc2cccc(Cl)c2)c(OC(F)F)c1. The van der Waals surface area contributed by atoms with E-state index in [0.29, 0.717) is 16.4 Å². The molecule has 0 fully saturated rings. The Morgan fingerprint density at radius 2 is 1.95 bits per heavy atom. The van der Waals surface area contributed by atoms with E-state index in [1.165, 1.54) is 6.07 Å². The van der Waals surface area contributed by atoms with Crippen molar-refractivity contribution >= 4 is 40.3 Å². The molecule has 2 aromatic carbocycles. The Morgan fingerprint density at radius 1 is 1.18 bits per heavy atom. The average molecular weight is 343 g/mol. The number of hydrogen-bond acceptors (Lipinski definition) is 2. The van der Waals surface area contributed by atoms with Crippen LogP contribution in [0.3, 0.4) is 0 Å². The van der Waals surface area contributed by atoms with Crippen molar-refractivity contribution in [3.05, 3.63) is 53.1 Å². The maximum absolute atomic E-state index is 12.4. The molecule has 0 amide bonds. The average Bonchev–Trinajstić information content (AvgIpc) is 2.41. The fourth-order valence-corrected chi connectivity index (χ4v) is 2.20. The number of rotatable bonds is 4. The van der Waals surface area contributed by atoms with Crippen molar-refractivity contribution in [2.24, 2.45) is 0 Å². The summed E-state index contributed by atoms with van der Waals surface area (Å²) in [5, 5.41) is 6.55. The van der Waals surface area contributed by atoms with Gasteiger partial charge in [0.1, 0.15) is 5.75 Å². The Bertz CT molecular complexity index is 682. The van der Waals surface area contributed by atoms with Gasteiger partial charge in [-0.3, -0.25) is 0 Å². The van der Waals surface area contributed by atoms with E-state index in [1.54, 1.807) is 43.3 Å². The number of benzene rings is 2. The molecule has 0 radical (unpaired) electrons. The number of ether oxygens (including phenoxy) is 1. The van der Waals surface area contributed by atoms with Crippen LogP contribution in [0.15, 0.2) is 42.5 Å². The number of hydrogen-bond donors (Lipinski definition) is 2. The summed E-state index contributed by atoms with van der Waals surface area (Å²) < 4.78 is 29.4. The lowest BCUT2D eigenvalue weighted by molar-refractivity contribution is -0.0493. The number of anilines is 2. The third kappa shape index (κ3) is 4.82. The Balaban J connectivity index is 2.11. The maximum Gasteiger partial charge on any atom is 0.387 e. The van der Waals surface area contributed by atoms with Gasteiger partial charge in [0, 0.05) is 10.7 Å². The molecule has 116 valence electrons. The molecule has 2 rings (SSSR count). The molecular weight excluding hydrogens is 330 g/mol. The summed E-state index contributed by atoms with van der Waals surface area (Å²) in [5.74, 6) is 0.0326. The fraction of sp³-hybridized carbons (Fsp3) is 0.133. The third-order valence-electron chi connectivity index (χ3n) is 2.68. The van der Waals surface area contributed by atoms with Gasteiger partial charge >= 0.3 is 6.61 Å². The van der Waals surface area contributed by atoms with Crippen molar-refractivity contribution in [3.63, 3.8) is 0 Å². The van der Waals surface area contributed by atoms with Crippen LogP contribution in [0.1, 0.15) is 5.56 Å². The molecule has 0 spiro atoms. The smallest absolute Gasteiger partial charge is 0.387 e. The van der Waals surface area contributed by atoms with Crippen LogP contribution in [0.4, 0.5) is 20.2 Å². The van der Waals surface area contributed by atoms with Gasteiger partial charge in [0.2, 0.25) is 0 Å². The Labute approximate surface area is 137 Å². The van der Waals surface area contributed by atoms with Gasteiger partial charge in [-0.05, 0) is 55.0 Å². The summed E-state index contributed by atoms with van der Waals surface area (Å²) in [6.45, 7) is -1.12. The van der Waals surface area contributed by atoms with Crippen LogP contribution in [0.2, 0.25) is 5.02 Å². The number of halogens is 3. The van der Waals surface area contributed by atoms with E-state index in [1.807, 2.05) is 0 Å². The summed E-state index contributed by atoms with van der Waals surface area (Å²) in [7, 11) is 0. The second-order valence-electron chi connectivity index (χ2n) is 4.47.